The third-order valence-electron chi connectivity index (χ3n) is 0.348. The van der Waals surface area contributed by atoms with E-state index in [2.05, 4.69) is 17.0 Å². The largest absolute Gasteiger partial charge is 0.384 e. The molecule has 0 saturated heterocycles. The van der Waals surface area contributed by atoms with Crippen LogP contribution in [-0.4, -0.2) is 18.3 Å². The highest BCUT2D eigenvalue weighted by atomic mass is 16.3. The second kappa shape index (κ2) is 5.12. The van der Waals surface area contributed by atoms with Gasteiger partial charge in [-0.2, -0.15) is 0 Å². The first-order valence-corrected chi connectivity index (χ1v) is 1.77. The summed E-state index contributed by atoms with van der Waals surface area (Å²) in [5.41, 5.74) is 0. The smallest absolute Gasteiger partial charge is 0.142 e. The van der Waals surface area contributed by atoms with Crippen LogP contribution >= 0.6 is 0 Å². The van der Waals surface area contributed by atoms with Gasteiger partial charge in [-0.3, -0.25) is 0 Å². The lowest BCUT2D eigenvalue weighted by atomic mass is 10.6. The molecule has 3 heteroatoms. The predicted molar refractivity (Wildman–Crippen MR) is 25.5 cm³/mol. The molecule has 0 aromatic carbocycles. The van der Waals surface area contributed by atoms with Gasteiger partial charge in [0.05, 0.1) is 0 Å². The Bertz CT molecular complexity index is 100.0. The van der Waals surface area contributed by atoms with E-state index in [9.17, 15) is 4.91 Å². The fourth-order valence-corrected chi connectivity index (χ4v) is 0.144. The van der Waals surface area contributed by atoms with Gasteiger partial charge in [-0.05, 0) is 0 Å². The fourth-order valence-electron chi connectivity index (χ4n) is 0.144. The quantitative estimate of drug-likeness (QED) is 0.364. The zero-order chi connectivity index (χ0) is 5.54. The topological polar surface area (TPSA) is 49.7 Å². The number of aliphatic hydroxyl groups is 1. The summed E-state index contributed by atoms with van der Waals surface area (Å²) in [7, 11) is 0. The van der Waals surface area contributed by atoms with Gasteiger partial charge in [-0.15, -0.1) is 4.91 Å². The van der Waals surface area contributed by atoms with E-state index in [1.165, 1.54) is 0 Å². The van der Waals surface area contributed by atoms with Gasteiger partial charge in [-0.1, -0.05) is 17.0 Å². The summed E-state index contributed by atoms with van der Waals surface area (Å²) in [6.45, 7) is -0.226. The standard InChI is InChI=1S/C4H5NO2/c6-4-2-1-3-5-7/h6H,3-4H2. The molecule has 0 aliphatic heterocycles. The minimum absolute atomic E-state index is 0.0272. The molecule has 0 radical (unpaired) electrons. The van der Waals surface area contributed by atoms with Crippen LogP contribution in [0.3, 0.4) is 0 Å². The first-order valence-electron chi connectivity index (χ1n) is 1.77. The molecule has 0 aliphatic rings. The Balaban J connectivity index is 3.06. The maximum atomic E-state index is 9.25. The molecule has 3 nitrogen and oxygen atoms in total. The fraction of sp³-hybridized carbons (Fsp3) is 0.500. The summed E-state index contributed by atoms with van der Waals surface area (Å²) >= 11 is 0. The molecule has 0 unspecified atom stereocenters. The third-order valence-corrected chi connectivity index (χ3v) is 0.348. The number of hydrogen-bond donors (Lipinski definition) is 1. The van der Waals surface area contributed by atoms with Gasteiger partial charge in [0.1, 0.15) is 13.2 Å². The van der Waals surface area contributed by atoms with Crippen molar-refractivity contribution in [2.45, 2.75) is 0 Å². The Morgan fingerprint density at radius 2 is 2.29 bits per heavy atom. The lowest BCUT2D eigenvalue weighted by molar-refractivity contribution is 0.350. The molecule has 0 atom stereocenters. The maximum Gasteiger partial charge on any atom is 0.142 e. The van der Waals surface area contributed by atoms with Crippen molar-refractivity contribution in [3.63, 3.8) is 0 Å². The van der Waals surface area contributed by atoms with Crippen LogP contribution in [0.1, 0.15) is 0 Å². The molecule has 38 valence electrons. The molecular formula is C4H5NO2. The van der Waals surface area contributed by atoms with Gasteiger partial charge in [0.2, 0.25) is 0 Å². The molecule has 0 spiro atoms. The van der Waals surface area contributed by atoms with Crippen molar-refractivity contribution < 1.29 is 5.11 Å². The predicted octanol–water partition coefficient (Wildman–Crippen LogP) is -0.251. The van der Waals surface area contributed by atoms with E-state index < -0.39 is 0 Å². The van der Waals surface area contributed by atoms with Gasteiger partial charge < -0.3 is 5.11 Å². The van der Waals surface area contributed by atoms with Gasteiger partial charge in [0.15, 0.2) is 0 Å². The van der Waals surface area contributed by atoms with Gasteiger partial charge in [0, 0.05) is 0 Å². The summed E-state index contributed by atoms with van der Waals surface area (Å²) in [4.78, 5) is 9.25. The molecular weight excluding hydrogens is 94.0 g/mol. The second-order valence-electron chi connectivity index (χ2n) is 0.799. The summed E-state index contributed by atoms with van der Waals surface area (Å²) < 4.78 is 0. The highest BCUT2D eigenvalue weighted by molar-refractivity contribution is 5.00. The van der Waals surface area contributed by atoms with E-state index in [-0.39, 0.29) is 13.2 Å². The zero-order valence-electron chi connectivity index (χ0n) is 3.72. The normalized spacial score (nSPS) is 6.43. The minimum atomic E-state index is -0.199. The first-order chi connectivity index (χ1) is 3.41. The number of rotatable bonds is 1. The van der Waals surface area contributed by atoms with Crippen LogP contribution in [0.5, 0.6) is 0 Å². The van der Waals surface area contributed by atoms with E-state index in [1.54, 1.807) is 0 Å². The van der Waals surface area contributed by atoms with Crippen LogP contribution in [0.25, 0.3) is 0 Å². The molecule has 0 aliphatic carbocycles. The third kappa shape index (κ3) is 5.12. The molecule has 0 aromatic rings. The maximum absolute atomic E-state index is 9.25. The molecule has 0 amide bonds. The van der Waals surface area contributed by atoms with Gasteiger partial charge in [-0.25, -0.2) is 0 Å². The SMILES string of the molecule is O=NCC#CCO. The second-order valence-corrected chi connectivity index (χ2v) is 0.799. The van der Waals surface area contributed by atoms with Crippen molar-refractivity contribution in [2.24, 2.45) is 5.18 Å². The van der Waals surface area contributed by atoms with Crippen LogP contribution in [-0.2, 0) is 0 Å². The lowest BCUT2D eigenvalue weighted by Crippen LogP contribution is -1.73. The van der Waals surface area contributed by atoms with Crippen molar-refractivity contribution in [1.29, 1.82) is 0 Å². The number of hydrogen-bond acceptors (Lipinski definition) is 3. The molecule has 0 aromatic heterocycles. The van der Waals surface area contributed by atoms with E-state index in [1.807, 2.05) is 0 Å². The molecule has 0 heterocycles. The average molecular weight is 99.1 g/mol. The Labute approximate surface area is 41.3 Å². The highest BCUT2D eigenvalue weighted by Gasteiger charge is 1.64. The van der Waals surface area contributed by atoms with Crippen molar-refractivity contribution in [1.82, 2.24) is 0 Å². The monoisotopic (exact) mass is 99.0 g/mol. The van der Waals surface area contributed by atoms with Crippen molar-refractivity contribution in [3.8, 4) is 11.8 Å². The lowest BCUT2D eigenvalue weighted by Gasteiger charge is -1.66. The molecule has 0 bridgehead atoms. The van der Waals surface area contributed by atoms with E-state index >= 15 is 0 Å². The van der Waals surface area contributed by atoms with Crippen LogP contribution in [0.15, 0.2) is 5.18 Å². The van der Waals surface area contributed by atoms with Gasteiger partial charge in [0.25, 0.3) is 0 Å². The molecule has 0 rings (SSSR count). The van der Waals surface area contributed by atoms with Crippen molar-refractivity contribution >= 4 is 0 Å². The average Bonchev–Trinajstić information content (AvgIpc) is 1.69. The number of nitroso groups, excluding NO2 is 1. The van der Waals surface area contributed by atoms with Crippen LogP contribution in [0, 0.1) is 16.7 Å². The minimum Gasteiger partial charge on any atom is -0.384 e. The van der Waals surface area contributed by atoms with E-state index in [0.29, 0.717) is 0 Å². The Morgan fingerprint density at radius 1 is 1.57 bits per heavy atom. The van der Waals surface area contributed by atoms with Crippen LogP contribution < -0.4 is 0 Å². The summed E-state index contributed by atoms with van der Waals surface area (Å²) in [5.74, 6) is 4.57. The Hall–Kier alpha value is -0.880. The van der Waals surface area contributed by atoms with Crippen LogP contribution in [0.2, 0.25) is 0 Å². The highest BCUT2D eigenvalue weighted by Crippen LogP contribution is 1.59. The zero-order valence-corrected chi connectivity index (χ0v) is 3.72. The molecule has 7 heavy (non-hydrogen) atoms. The summed E-state index contributed by atoms with van der Waals surface area (Å²) in [6.07, 6.45) is 0. The van der Waals surface area contributed by atoms with Crippen LogP contribution in [0.4, 0.5) is 0 Å². The summed E-state index contributed by atoms with van der Waals surface area (Å²) in [6, 6.07) is 0. The molecule has 0 saturated carbocycles. The van der Waals surface area contributed by atoms with Crippen molar-refractivity contribution in [3.05, 3.63) is 4.91 Å². The molecule has 1 N–H and O–H groups in total. The molecule has 0 fully saturated rings. The van der Waals surface area contributed by atoms with E-state index in [4.69, 9.17) is 5.11 Å². The van der Waals surface area contributed by atoms with Gasteiger partial charge >= 0.3 is 0 Å². The Morgan fingerprint density at radius 3 is 2.71 bits per heavy atom. The summed E-state index contributed by atoms with van der Waals surface area (Å²) in [5, 5.41) is 10.4. The van der Waals surface area contributed by atoms with E-state index in [0.717, 1.165) is 0 Å². The first kappa shape index (κ1) is 6.12. The number of aliphatic hydroxyl groups excluding tert-OH is 1. The number of nitrogens with zero attached hydrogens (tertiary/aromatic N) is 1. The Kier molecular flexibility index (Phi) is 4.48. The van der Waals surface area contributed by atoms with Crippen molar-refractivity contribution in [2.75, 3.05) is 13.2 Å².